The van der Waals surface area contributed by atoms with Gasteiger partial charge in [0.1, 0.15) is 0 Å². The van der Waals surface area contributed by atoms with Crippen molar-refractivity contribution in [1.29, 1.82) is 0 Å². The van der Waals surface area contributed by atoms with Crippen LogP contribution in [0.15, 0.2) is 23.2 Å². The summed E-state index contributed by atoms with van der Waals surface area (Å²) in [6.45, 7) is 5.25. The molecule has 0 radical (unpaired) electrons. The van der Waals surface area contributed by atoms with Crippen LogP contribution in [0.1, 0.15) is 21.1 Å². The second-order valence-corrected chi connectivity index (χ2v) is 6.60. The third-order valence-corrected chi connectivity index (χ3v) is 4.62. The largest absolute Gasteiger partial charge is 0.493 e. The summed E-state index contributed by atoms with van der Waals surface area (Å²) in [7, 11) is 3.26. The van der Waals surface area contributed by atoms with E-state index >= 15 is 0 Å². The lowest BCUT2D eigenvalue weighted by Gasteiger charge is -2.10. The highest BCUT2D eigenvalue weighted by Crippen LogP contribution is 2.27. The van der Waals surface area contributed by atoms with Crippen LogP contribution >= 0.6 is 11.3 Å². The molecule has 0 spiro atoms. The normalized spacial score (nSPS) is 11.4. The molecule has 6 nitrogen and oxygen atoms in total. The zero-order valence-corrected chi connectivity index (χ0v) is 15.4. The van der Waals surface area contributed by atoms with Gasteiger partial charge in [0.15, 0.2) is 17.5 Å². The maximum Gasteiger partial charge on any atom is 0.188 e. The van der Waals surface area contributed by atoms with Crippen molar-refractivity contribution in [2.24, 2.45) is 10.7 Å². The molecule has 1 heterocycles. The van der Waals surface area contributed by atoms with E-state index in [1.54, 1.807) is 25.6 Å². The third-order valence-electron chi connectivity index (χ3n) is 3.56. The van der Waals surface area contributed by atoms with Gasteiger partial charge in [-0.2, -0.15) is 0 Å². The molecule has 0 saturated carbocycles. The van der Waals surface area contributed by atoms with Gasteiger partial charge in [0.05, 0.1) is 31.5 Å². The summed E-state index contributed by atoms with van der Waals surface area (Å²) in [4.78, 5) is 9.91. The Bertz CT molecular complexity index is 713. The number of aliphatic imine (C=N–C) groups is 1. The minimum Gasteiger partial charge on any atom is -0.493 e. The van der Waals surface area contributed by atoms with Crippen LogP contribution in [0.2, 0.25) is 0 Å². The fourth-order valence-electron chi connectivity index (χ4n) is 2.30. The Hall–Kier alpha value is -2.28. The molecule has 0 aliphatic carbocycles. The van der Waals surface area contributed by atoms with Crippen molar-refractivity contribution in [3.63, 3.8) is 0 Å². The number of hydrogen-bond acceptors (Lipinski definition) is 5. The molecule has 1 aromatic heterocycles. The molecular formula is C17H24N4O2S. The molecule has 0 bridgehead atoms. The molecule has 24 heavy (non-hydrogen) atoms. The summed E-state index contributed by atoms with van der Waals surface area (Å²) in [6, 6.07) is 5.89. The average Bonchev–Trinajstić information content (AvgIpc) is 2.90. The van der Waals surface area contributed by atoms with Crippen molar-refractivity contribution in [1.82, 2.24) is 10.3 Å². The predicted octanol–water partition coefficient (Wildman–Crippen LogP) is 2.42. The third kappa shape index (κ3) is 4.86. The number of aryl methyl sites for hydroxylation is 2. The molecule has 0 fully saturated rings. The van der Waals surface area contributed by atoms with Crippen LogP contribution in [0.5, 0.6) is 11.5 Å². The van der Waals surface area contributed by atoms with E-state index in [0.29, 0.717) is 19.0 Å². The summed E-state index contributed by atoms with van der Waals surface area (Å²) in [5.74, 6) is 1.90. The highest BCUT2D eigenvalue weighted by Gasteiger charge is 2.05. The van der Waals surface area contributed by atoms with E-state index in [9.17, 15) is 0 Å². The molecule has 0 amide bonds. The van der Waals surface area contributed by atoms with E-state index in [1.807, 2.05) is 32.0 Å². The van der Waals surface area contributed by atoms with Gasteiger partial charge in [0, 0.05) is 11.4 Å². The number of benzene rings is 1. The Morgan fingerprint density at radius 2 is 2.00 bits per heavy atom. The Labute approximate surface area is 146 Å². The van der Waals surface area contributed by atoms with Crippen molar-refractivity contribution in [3.8, 4) is 11.5 Å². The maximum atomic E-state index is 5.92. The number of guanidine groups is 1. The number of methoxy groups -OCH3 is 2. The Morgan fingerprint density at radius 1 is 1.25 bits per heavy atom. The van der Waals surface area contributed by atoms with Crippen LogP contribution in [-0.4, -0.2) is 31.7 Å². The molecule has 1 aromatic carbocycles. The van der Waals surface area contributed by atoms with Gasteiger partial charge in [0.25, 0.3) is 0 Å². The van der Waals surface area contributed by atoms with E-state index < -0.39 is 0 Å². The number of nitrogens with one attached hydrogen (secondary N) is 1. The number of ether oxygens (including phenoxy) is 2. The number of thiazole rings is 1. The Morgan fingerprint density at radius 3 is 2.62 bits per heavy atom. The van der Waals surface area contributed by atoms with E-state index in [1.165, 1.54) is 0 Å². The van der Waals surface area contributed by atoms with Crippen LogP contribution in [0, 0.1) is 13.8 Å². The van der Waals surface area contributed by atoms with Crippen molar-refractivity contribution >= 4 is 17.3 Å². The first-order valence-electron chi connectivity index (χ1n) is 7.71. The standard InChI is InChI=1S/C17H24N4O2S/c1-11-16(24-12(2)21-11)10-20-17(18)19-8-7-13-5-6-14(22-3)15(9-13)23-4/h5-6,9H,7-8,10H2,1-4H3,(H3,18,19,20). The van der Waals surface area contributed by atoms with Crippen LogP contribution < -0.4 is 20.5 Å². The smallest absolute Gasteiger partial charge is 0.188 e. The lowest BCUT2D eigenvalue weighted by Crippen LogP contribution is -2.33. The second-order valence-electron chi connectivity index (χ2n) is 5.31. The van der Waals surface area contributed by atoms with E-state index in [0.717, 1.165) is 39.1 Å². The first-order chi connectivity index (χ1) is 11.5. The molecule has 2 rings (SSSR count). The van der Waals surface area contributed by atoms with Gasteiger partial charge >= 0.3 is 0 Å². The van der Waals surface area contributed by atoms with Crippen molar-refractivity contribution in [2.75, 3.05) is 20.8 Å². The van der Waals surface area contributed by atoms with Gasteiger partial charge in [-0.05, 0) is 38.0 Å². The molecule has 2 aromatic rings. The lowest BCUT2D eigenvalue weighted by atomic mass is 10.1. The number of hydrogen-bond donors (Lipinski definition) is 2. The topological polar surface area (TPSA) is 81.8 Å². The van der Waals surface area contributed by atoms with Crippen LogP contribution in [0.3, 0.4) is 0 Å². The van der Waals surface area contributed by atoms with Gasteiger partial charge in [-0.3, -0.25) is 0 Å². The zero-order chi connectivity index (χ0) is 17.5. The van der Waals surface area contributed by atoms with Crippen LogP contribution in [0.25, 0.3) is 0 Å². The molecule has 0 atom stereocenters. The summed E-state index contributed by atoms with van der Waals surface area (Å²) in [5.41, 5.74) is 8.09. The van der Waals surface area contributed by atoms with Gasteiger partial charge in [-0.25, -0.2) is 9.98 Å². The molecule has 3 N–H and O–H groups in total. The summed E-state index contributed by atoms with van der Waals surface area (Å²) < 4.78 is 10.5. The van der Waals surface area contributed by atoms with Gasteiger partial charge in [-0.15, -0.1) is 11.3 Å². The van der Waals surface area contributed by atoms with Gasteiger partial charge in [0.2, 0.25) is 0 Å². The van der Waals surface area contributed by atoms with E-state index in [4.69, 9.17) is 15.2 Å². The summed E-state index contributed by atoms with van der Waals surface area (Å²) in [6.07, 6.45) is 0.815. The Balaban J connectivity index is 1.85. The first kappa shape index (κ1) is 18.1. The maximum absolute atomic E-state index is 5.92. The van der Waals surface area contributed by atoms with Crippen LogP contribution in [-0.2, 0) is 13.0 Å². The molecule has 7 heteroatoms. The van der Waals surface area contributed by atoms with Gasteiger partial charge in [-0.1, -0.05) is 6.07 Å². The van der Waals surface area contributed by atoms with Gasteiger partial charge < -0.3 is 20.5 Å². The van der Waals surface area contributed by atoms with Crippen LogP contribution in [0.4, 0.5) is 0 Å². The number of aromatic nitrogens is 1. The molecule has 0 saturated heterocycles. The van der Waals surface area contributed by atoms with E-state index in [-0.39, 0.29) is 0 Å². The monoisotopic (exact) mass is 348 g/mol. The van der Waals surface area contributed by atoms with E-state index in [2.05, 4.69) is 15.3 Å². The molecule has 0 aliphatic heterocycles. The average molecular weight is 348 g/mol. The zero-order valence-electron chi connectivity index (χ0n) is 14.5. The first-order valence-corrected chi connectivity index (χ1v) is 8.52. The van der Waals surface area contributed by atoms with Crippen molar-refractivity contribution < 1.29 is 9.47 Å². The highest BCUT2D eigenvalue weighted by molar-refractivity contribution is 7.11. The molecule has 0 unspecified atom stereocenters. The summed E-state index contributed by atoms with van der Waals surface area (Å²) in [5, 5.41) is 4.19. The second kappa shape index (κ2) is 8.54. The lowest BCUT2D eigenvalue weighted by molar-refractivity contribution is 0.354. The SMILES string of the molecule is COc1ccc(CCNC(N)=NCc2sc(C)nc2C)cc1OC. The Kier molecular flexibility index (Phi) is 6.43. The number of rotatable bonds is 7. The predicted molar refractivity (Wildman–Crippen MR) is 98.2 cm³/mol. The summed E-state index contributed by atoms with van der Waals surface area (Å²) >= 11 is 1.66. The fourth-order valence-corrected chi connectivity index (χ4v) is 3.17. The minimum atomic E-state index is 0.445. The minimum absolute atomic E-state index is 0.445. The molecule has 130 valence electrons. The molecule has 0 aliphatic rings. The quantitative estimate of drug-likeness (QED) is 0.593. The fraction of sp³-hybridized carbons (Fsp3) is 0.412. The number of nitrogens with two attached hydrogens (primary N) is 1. The highest BCUT2D eigenvalue weighted by atomic mass is 32.1. The van der Waals surface area contributed by atoms with Crippen molar-refractivity contribution in [2.45, 2.75) is 26.8 Å². The molecular weight excluding hydrogens is 324 g/mol. The van der Waals surface area contributed by atoms with Crippen molar-refractivity contribution in [3.05, 3.63) is 39.3 Å². The number of nitrogens with zero attached hydrogens (tertiary/aromatic N) is 2.